The highest BCUT2D eigenvalue weighted by Crippen LogP contribution is 2.20. The average Bonchev–Trinajstić information content (AvgIpc) is 2.76. The van der Waals surface area contributed by atoms with E-state index in [4.69, 9.17) is 4.74 Å². The van der Waals surface area contributed by atoms with Gasteiger partial charge in [-0.15, -0.1) is 0 Å². The van der Waals surface area contributed by atoms with Gasteiger partial charge in [-0.05, 0) is 28.1 Å². The van der Waals surface area contributed by atoms with Gasteiger partial charge >= 0.3 is 0 Å². The number of rotatable bonds is 3. The number of methoxy groups -OCH3 is 1. The van der Waals surface area contributed by atoms with Crippen molar-refractivity contribution in [3.8, 4) is 0 Å². The van der Waals surface area contributed by atoms with Gasteiger partial charge in [-0.25, -0.2) is 4.39 Å². The maximum absolute atomic E-state index is 13.6. The molecule has 6 heteroatoms. The number of amides is 1. The zero-order valence-electron chi connectivity index (χ0n) is 9.87. The molecule has 0 bridgehead atoms. The molecule has 1 fully saturated rings. The Morgan fingerprint density at radius 1 is 1.56 bits per heavy atom. The van der Waals surface area contributed by atoms with Crippen molar-refractivity contribution < 1.29 is 13.9 Å². The third-order valence-electron chi connectivity index (χ3n) is 2.97. The molecule has 1 amide bonds. The van der Waals surface area contributed by atoms with Crippen LogP contribution in [-0.2, 0) is 4.74 Å². The van der Waals surface area contributed by atoms with Gasteiger partial charge in [0.2, 0.25) is 0 Å². The van der Waals surface area contributed by atoms with Crippen LogP contribution in [0, 0.1) is 5.82 Å². The predicted molar refractivity (Wildman–Crippen MR) is 69.0 cm³/mol. The number of benzene rings is 1. The molecule has 0 aliphatic carbocycles. The molecule has 1 unspecified atom stereocenters. The predicted octanol–water partition coefficient (Wildman–Crippen LogP) is 1.30. The van der Waals surface area contributed by atoms with E-state index in [-0.39, 0.29) is 17.7 Å². The molecular weight excluding hydrogens is 303 g/mol. The third kappa shape index (κ3) is 2.71. The Morgan fingerprint density at radius 2 is 2.33 bits per heavy atom. The fourth-order valence-electron chi connectivity index (χ4n) is 2.00. The van der Waals surface area contributed by atoms with E-state index in [0.29, 0.717) is 17.6 Å². The van der Waals surface area contributed by atoms with Crippen LogP contribution < -0.4 is 10.6 Å². The monoisotopic (exact) mass is 316 g/mol. The summed E-state index contributed by atoms with van der Waals surface area (Å²) < 4.78 is 19.3. The molecule has 0 saturated carbocycles. The van der Waals surface area contributed by atoms with Crippen molar-refractivity contribution in [2.45, 2.75) is 12.1 Å². The summed E-state index contributed by atoms with van der Waals surface area (Å²) in [6, 6.07) is 4.30. The van der Waals surface area contributed by atoms with Crippen molar-refractivity contribution in [2.75, 3.05) is 20.2 Å². The lowest BCUT2D eigenvalue weighted by Gasteiger charge is -2.19. The molecule has 98 valence electrons. The topological polar surface area (TPSA) is 50.4 Å². The van der Waals surface area contributed by atoms with E-state index in [2.05, 4.69) is 26.6 Å². The SMILES string of the molecule is CO[C@H]1CNCC1NC(=O)c1c(F)cccc1Br. The quantitative estimate of drug-likeness (QED) is 0.884. The highest BCUT2D eigenvalue weighted by Gasteiger charge is 2.29. The number of carbonyl (C=O) groups is 1. The van der Waals surface area contributed by atoms with Crippen LogP contribution >= 0.6 is 15.9 Å². The van der Waals surface area contributed by atoms with Crippen LogP contribution in [0.15, 0.2) is 22.7 Å². The van der Waals surface area contributed by atoms with Crippen molar-refractivity contribution in [1.29, 1.82) is 0 Å². The summed E-state index contributed by atoms with van der Waals surface area (Å²) in [5.41, 5.74) is 0.0271. The third-order valence-corrected chi connectivity index (χ3v) is 3.63. The summed E-state index contributed by atoms with van der Waals surface area (Å²) in [6.45, 7) is 1.30. The smallest absolute Gasteiger partial charge is 0.255 e. The number of hydrogen-bond donors (Lipinski definition) is 2. The molecule has 2 rings (SSSR count). The van der Waals surface area contributed by atoms with Crippen molar-refractivity contribution in [3.05, 3.63) is 34.1 Å². The normalized spacial score (nSPS) is 23.1. The molecular formula is C12H14BrFN2O2. The lowest BCUT2D eigenvalue weighted by Crippen LogP contribution is -2.43. The van der Waals surface area contributed by atoms with Crippen molar-refractivity contribution >= 4 is 21.8 Å². The number of hydrogen-bond acceptors (Lipinski definition) is 3. The molecule has 0 spiro atoms. The molecule has 18 heavy (non-hydrogen) atoms. The Morgan fingerprint density at radius 3 is 3.00 bits per heavy atom. The van der Waals surface area contributed by atoms with Gasteiger partial charge in [0.25, 0.3) is 5.91 Å². The minimum atomic E-state index is -0.540. The van der Waals surface area contributed by atoms with E-state index in [1.807, 2.05) is 0 Å². The standard InChI is InChI=1S/C12H14BrFN2O2/c1-18-10-6-15-5-9(10)16-12(17)11-7(13)3-2-4-8(11)14/h2-4,9-10,15H,5-6H2,1H3,(H,16,17)/t9?,10-/m0/s1. The van der Waals surface area contributed by atoms with Gasteiger partial charge in [0.05, 0.1) is 17.7 Å². The maximum Gasteiger partial charge on any atom is 0.255 e. The van der Waals surface area contributed by atoms with Crippen LogP contribution in [0.5, 0.6) is 0 Å². The van der Waals surface area contributed by atoms with Gasteiger partial charge in [-0.3, -0.25) is 4.79 Å². The van der Waals surface area contributed by atoms with Gasteiger partial charge in [-0.1, -0.05) is 6.07 Å². The minimum Gasteiger partial charge on any atom is -0.378 e. The van der Waals surface area contributed by atoms with Crippen LogP contribution in [0.3, 0.4) is 0 Å². The molecule has 2 atom stereocenters. The molecule has 2 N–H and O–H groups in total. The highest BCUT2D eigenvalue weighted by atomic mass is 79.9. The van der Waals surface area contributed by atoms with Gasteiger partial charge in [0, 0.05) is 24.7 Å². The molecule has 1 aromatic rings. The molecule has 1 aliphatic heterocycles. The Labute approximate surface area is 113 Å². The zero-order chi connectivity index (χ0) is 13.1. The molecule has 0 radical (unpaired) electrons. The van der Waals surface area contributed by atoms with Crippen LogP contribution in [0.1, 0.15) is 10.4 Å². The van der Waals surface area contributed by atoms with Gasteiger partial charge in [0.1, 0.15) is 5.82 Å². The van der Waals surface area contributed by atoms with Crippen molar-refractivity contribution in [2.24, 2.45) is 0 Å². The molecule has 1 aromatic carbocycles. The van der Waals surface area contributed by atoms with Crippen LogP contribution in [0.4, 0.5) is 4.39 Å². The maximum atomic E-state index is 13.6. The Balaban J connectivity index is 2.12. The molecule has 0 aromatic heterocycles. The Bertz CT molecular complexity index is 435. The molecule has 4 nitrogen and oxygen atoms in total. The largest absolute Gasteiger partial charge is 0.378 e. The second-order valence-electron chi connectivity index (χ2n) is 4.11. The minimum absolute atomic E-state index is 0.0271. The van der Waals surface area contributed by atoms with E-state index in [1.165, 1.54) is 6.07 Å². The number of nitrogens with one attached hydrogen (secondary N) is 2. The average molecular weight is 317 g/mol. The van der Waals surface area contributed by atoms with Crippen LogP contribution in [-0.4, -0.2) is 38.3 Å². The molecule has 1 heterocycles. The van der Waals surface area contributed by atoms with E-state index in [1.54, 1.807) is 19.2 Å². The van der Waals surface area contributed by atoms with E-state index < -0.39 is 11.7 Å². The lowest BCUT2D eigenvalue weighted by atomic mass is 10.1. The summed E-state index contributed by atoms with van der Waals surface area (Å²) in [6.07, 6.45) is -0.0838. The first kappa shape index (κ1) is 13.5. The van der Waals surface area contributed by atoms with Crippen molar-refractivity contribution in [1.82, 2.24) is 10.6 Å². The van der Waals surface area contributed by atoms with E-state index in [0.717, 1.165) is 0 Å². The second kappa shape index (κ2) is 5.77. The summed E-state index contributed by atoms with van der Waals surface area (Å²) in [7, 11) is 1.59. The first-order valence-electron chi connectivity index (χ1n) is 5.62. The number of ether oxygens (including phenoxy) is 1. The van der Waals surface area contributed by atoms with Crippen LogP contribution in [0.2, 0.25) is 0 Å². The van der Waals surface area contributed by atoms with E-state index >= 15 is 0 Å². The molecule has 1 aliphatic rings. The van der Waals surface area contributed by atoms with Crippen LogP contribution in [0.25, 0.3) is 0 Å². The molecule has 1 saturated heterocycles. The fraction of sp³-hybridized carbons (Fsp3) is 0.417. The fourth-order valence-corrected chi connectivity index (χ4v) is 2.52. The number of carbonyl (C=O) groups excluding carboxylic acids is 1. The number of halogens is 2. The first-order valence-corrected chi connectivity index (χ1v) is 6.41. The Hall–Kier alpha value is -0.980. The van der Waals surface area contributed by atoms with Crippen molar-refractivity contribution in [3.63, 3.8) is 0 Å². The van der Waals surface area contributed by atoms with Gasteiger partial charge in [-0.2, -0.15) is 0 Å². The summed E-state index contributed by atoms with van der Waals surface area (Å²) in [5.74, 6) is -0.975. The summed E-state index contributed by atoms with van der Waals surface area (Å²) >= 11 is 3.18. The Kier molecular flexibility index (Phi) is 4.31. The van der Waals surface area contributed by atoms with Gasteiger partial charge in [0.15, 0.2) is 0 Å². The zero-order valence-corrected chi connectivity index (χ0v) is 11.5. The summed E-state index contributed by atoms with van der Waals surface area (Å²) in [5, 5.41) is 5.90. The van der Waals surface area contributed by atoms with E-state index in [9.17, 15) is 9.18 Å². The highest BCUT2D eigenvalue weighted by molar-refractivity contribution is 9.10. The first-order chi connectivity index (χ1) is 8.63. The second-order valence-corrected chi connectivity index (χ2v) is 4.96. The summed E-state index contributed by atoms with van der Waals surface area (Å²) in [4.78, 5) is 12.0. The lowest BCUT2D eigenvalue weighted by molar-refractivity contribution is 0.0776. The van der Waals surface area contributed by atoms with Gasteiger partial charge < -0.3 is 15.4 Å².